The highest BCUT2D eigenvalue weighted by Crippen LogP contribution is 2.19. The van der Waals surface area contributed by atoms with Crippen molar-refractivity contribution in [3.05, 3.63) is 29.3 Å². The molecule has 0 N–H and O–H groups in total. The Morgan fingerprint density at radius 2 is 2.00 bits per heavy atom. The standard InChI is InChI=1S/C9H11BrO.CO2/c1-7-3-4-8(6-10)5-9(7)11-2;2-1-3/h3-5H,6H2,1-2H3;. The van der Waals surface area contributed by atoms with Crippen LogP contribution in [0.25, 0.3) is 0 Å². The lowest BCUT2D eigenvalue weighted by molar-refractivity contribution is -0.191. The highest BCUT2D eigenvalue weighted by molar-refractivity contribution is 9.08. The summed E-state index contributed by atoms with van der Waals surface area (Å²) in [7, 11) is 1.69. The number of hydrogen-bond acceptors (Lipinski definition) is 3. The fraction of sp³-hybridized carbons (Fsp3) is 0.300. The number of carbonyl (C=O) groups excluding carboxylic acids is 2. The quantitative estimate of drug-likeness (QED) is 0.765. The van der Waals surface area contributed by atoms with E-state index in [4.69, 9.17) is 14.3 Å². The minimum Gasteiger partial charge on any atom is -0.496 e. The van der Waals surface area contributed by atoms with Gasteiger partial charge in [-0.3, -0.25) is 0 Å². The second kappa shape index (κ2) is 7.30. The maximum atomic E-state index is 8.12. The van der Waals surface area contributed by atoms with Gasteiger partial charge >= 0.3 is 6.15 Å². The molecule has 1 aromatic rings. The fourth-order valence-electron chi connectivity index (χ4n) is 0.948. The smallest absolute Gasteiger partial charge is 0.373 e. The third-order valence-corrected chi connectivity index (χ3v) is 2.27. The summed E-state index contributed by atoms with van der Waals surface area (Å²) in [6.07, 6.45) is 0.250. The van der Waals surface area contributed by atoms with Crippen molar-refractivity contribution >= 4 is 22.1 Å². The molecule has 0 aliphatic heterocycles. The van der Waals surface area contributed by atoms with Gasteiger partial charge in [0.2, 0.25) is 0 Å². The van der Waals surface area contributed by atoms with E-state index in [9.17, 15) is 0 Å². The van der Waals surface area contributed by atoms with Crippen LogP contribution in [0.3, 0.4) is 0 Å². The first kappa shape index (κ1) is 12.9. The zero-order valence-electron chi connectivity index (χ0n) is 8.04. The third kappa shape index (κ3) is 4.21. The molecule has 4 heteroatoms. The minimum atomic E-state index is 0.250. The van der Waals surface area contributed by atoms with Crippen molar-refractivity contribution in [1.29, 1.82) is 0 Å². The molecule has 0 aliphatic carbocycles. The van der Waals surface area contributed by atoms with Gasteiger partial charge in [-0.1, -0.05) is 28.1 Å². The van der Waals surface area contributed by atoms with Crippen LogP contribution < -0.4 is 4.74 Å². The fourth-order valence-corrected chi connectivity index (χ4v) is 1.30. The van der Waals surface area contributed by atoms with Gasteiger partial charge in [0.1, 0.15) is 5.75 Å². The number of hydrogen-bond donors (Lipinski definition) is 0. The summed E-state index contributed by atoms with van der Waals surface area (Å²) in [6.45, 7) is 2.04. The van der Waals surface area contributed by atoms with E-state index in [0.717, 1.165) is 11.1 Å². The molecule has 0 atom stereocenters. The van der Waals surface area contributed by atoms with Gasteiger partial charge < -0.3 is 4.74 Å². The zero-order valence-corrected chi connectivity index (χ0v) is 9.63. The number of ether oxygens (including phenoxy) is 1. The van der Waals surface area contributed by atoms with E-state index in [2.05, 4.69) is 28.1 Å². The zero-order chi connectivity index (χ0) is 11.0. The molecule has 3 nitrogen and oxygen atoms in total. The van der Waals surface area contributed by atoms with Crippen LogP contribution in [0.4, 0.5) is 0 Å². The molecule has 0 saturated carbocycles. The van der Waals surface area contributed by atoms with Crippen LogP contribution in [0.15, 0.2) is 18.2 Å². The van der Waals surface area contributed by atoms with Gasteiger partial charge in [-0.05, 0) is 24.1 Å². The van der Waals surface area contributed by atoms with Gasteiger partial charge in [-0.2, -0.15) is 9.59 Å². The predicted octanol–water partition coefficient (Wildman–Crippen LogP) is 2.32. The van der Waals surface area contributed by atoms with Gasteiger partial charge in [0.15, 0.2) is 0 Å². The van der Waals surface area contributed by atoms with Crippen LogP contribution in [-0.2, 0) is 14.9 Å². The number of halogens is 1. The largest absolute Gasteiger partial charge is 0.496 e. The van der Waals surface area contributed by atoms with E-state index in [0.29, 0.717) is 0 Å². The average Bonchev–Trinajstić information content (AvgIpc) is 2.20. The highest BCUT2D eigenvalue weighted by atomic mass is 79.9. The van der Waals surface area contributed by atoms with Crippen molar-refractivity contribution in [2.24, 2.45) is 0 Å². The minimum absolute atomic E-state index is 0.250. The van der Waals surface area contributed by atoms with Crippen molar-refractivity contribution in [3.8, 4) is 5.75 Å². The first-order valence-corrected chi connectivity index (χ1v) is 5.00. The molecule has 0 saturated heterocycles. The number of aryl methyl sites for hydroxylation is 1. The van der Waals surface area contributed by atoms with Gasteiger partial charge in [-0.15, -0.1) is 0 Å². The lowest BCUT2D eigenvalue weighted by Crippen LogP contribution is -1.88. The Labute approximate surface area is 91.2 Å². The Balaban J connectivity index is 0.000000500. The maximum absolute atomic E-state index is 8.12. The van der Waals surface area contributed by atoms with E-state index in [1.807, 2.05) is 13.0 Å². The van der Waals surface area contributed by atoms with E-state index < -0.39 is 0 Å². The van der Waals surface area contributed by atoms with Gasteiger partial charge in [0, 0.05) is 5.33 Å². The molecule has 0 unspecified atom stereocenters. The van der Waals surface area contributed by atoms with Crippen molar-refractivity contribution in [2.75, 3.05) is 7.11 Å². The molecule has 76 valence electrons. The van der Waals surface area contributed by atoms with Crippen molar-refractivity contribution < 1.29 is 14.3 Å². The molecule has 1 rings (SSSR count). The third-order valence-electron chi connectivity index (χ3n) is 1.63. The van der Waals surface area contributed by atoms with Gasteiger partial charge in [0.25, 0.3) is 0 Å². The maximum Gasteiger partial charge on any atom is 0.373 e. The molecule has 0 heterocycles. The summed E-state index contributed by atoms with van der Waals surface area (Å²) in [6, 6.07) is 6.20. The molecule has 0 radical (unpaired) electrons. The van der Waals surface area contributed by atoms with Gasteiger partial charge in [-0.25, -0.2) is 0 Å². The summed E-state index contributed by atoms with van der Waals surface area (Å²) in [5, 5.41) is 0.879. The normalized spacial score (nSPS) is 8.21. The van der Waals surface area contributed by atoms with E-state index in [1.54, 1.807) is 7.11 Å². The van der Waals surface area contributed by atoms with Crippen LogP contribution >= 0.6 is 15.9 Å². The van der Waals surface area contributed by atoms with Gasteiger partial charge in [0.05, 0.1) is 7.11 Å². The highest BCUT2D eigenvalue weighted by Gasteiger charge is 1.97. The predicted molar refractivity (Wildman–Crippen MR) is 55.4 cm³/mol. The Hall–Kier alpha value is -1.12. The summed E-state index contributed by atoms with van der Waals surface area (Å²) < 4.78 is 5.17. The molecular weight excluding hydrogens is 248 g/mol. The average molecular weight is 259 g/mol. The Morgan fingerprint density at radius 1 is 1.43 bits per heavy atom. The SMILES string of the molecule is COc1cc(CBr)ccc1C.O=C=O. The number of benzene rings is 1. The van der Waals surface area contributed by atoms with Crippen LogP contribution in [-0.4, -0.2) is 13.3 Å². The van der Waals surface area contributed by atoms with Crippen molar-refractivity contribution in [3.63, 3.8) is 0 Å². The molecular formula is C10H11BrO3. The summed E-state index contributed by atoms with van der Waals surface area (Å²) in [5.74, 6) is 0.960. The van der Waals surface area contributed by atoms with Crippen LogP contribution in [0.5, 0.6) is 5.75 Å². The monoisotopic (exact) mass is 258 g/mol. The Morgan fingerprint density at radius 3 is 2.43 bits per heavy atom. The number of alkyl halides is 1. The second-order valence-electron chi connectivity index (χ2n) is 2.52. The molecule has 1 aromatic carbocycles. The first-order valence-electron chi connectivity index (χ1n) is 3.88. The molecule has 0 amide bonds. The van der Waals surface area contributed by atoms with Crippen molar-refractivity contribution in [1.82, 2.24) is 0 Å². The Bertz CT molecular complexity index is 317. The first-order chi connectivity index (χ1) is 6.69. The molecule has 0 bridgehead atoms. The molecule has 0 spiro atoms. The lowest BCUT2D eigenvalue weighted by atomic mass is 10.1. The molecule has 0 fully saturated rings. The molecule has 0 aromatic heterocycles. The van der Waals surface area contributed by atoms with Crippen LogP contribution in [0.2, 0.25) is 0 Å². The summed E-state index contributed by atoms with van der Waals surface area (Å²) in [4.78, 5) is 16.2. The van der Waals surface area contributed by atoms with E-state index in [-0.39, 0.29) is 6.15 Å². The van der Waals surface area contributed by atoms with Crippen molar-refractivity contribution in [2.45, 2.75) is 12.3 Å². The molecule has 0 aliphatic rings. The number of rotatable bonds is 2. The van der Waals surface area contributed by atoms with Crippen LogP contribution in [0.1, 0.15) is 11.1 Å². The summed E-state index contributed by atoms with van der Waals surface area (Å²) in [5.41, 5.74) is 2.42. The number of methoxy groups -OCH3 is 1. The van der Waals surface area contributed by atoms with Crippen LogP contribution in [0, 0.1) is 6.92 Å². The molecule has 14 heavy (non-hydrogen) atoms. The topological polar surface area (TPSA) is 43.4 Å². The van der Waals surface area contributed by atoms with E-state index >= 15 is 0 Å². The Kier molecular flexibility index (Phi) is 6.72. The summed E-state index contributed by atoms with van der Waals surface area (Å²) >= 11 is 3.39. The lowest BCUT2D eigenvalue weighted by Gasteiger charge is -2.04. The second-order valence-corrected chi connectivity index (χ2v) is 3.08. The van der Waals surface area contributed by atoms with E-state index in [1.165, 1.54) is 11.1 Å².